The highest BCUT2D eigenvalue weighted by molar-refractivity contribution is 5.71. The van der Waals surface area contributed by atoms with Crippen LogP contribution < -0.4 is 0 Å². The maximum atomic E-state index is 12.8. The maximum absolute atomic E-state index is 12.8. The molecule has 0 saturated heterocycles. The second kappa shape index (κ2) is 49.7. The van der Waals surface area contributed by atoms with Gasteiger partial charge in [0.25, 0.3) is 0 Å². The summed E-state index contributed by atoms with van der Waals surface area (Å²) in [5, 5.41) is 0. The standard InChI is InChI=1S/C57H84O6/c1-4-7-10-13-16-19-22-25-27-28-30-32-35-38-41-44-47-50-56(59)62-53-54(52-61-55(58)49-46-43-40-37-34-31-24-21-18-15-12-9-6-3)63-57(60)51-48-45-42-39-36-33-29-26-23-20-17-14-11-8-5-2/h7,9-10,12-13,15-28,30-32,34-35,37,40,54H,4-6,8,11,14,29,33,36,38-39,41-53H2,1-3H3/b10-7-,12-9-,16-13-,18-15-,20-17-,22-19-,24-21-,26-23-,27-25-,30-28+,34-31-,35-32-,40-37-. The average molecular weight is 865 g/mol. The van der Waals surface area contributed by atoms with Crippen molar-refractivity contribution in [1.29, 1.82) is 0 Å². The predicted octanol–water partition coefficient (Wildman–Crippen LogP) is 15.9. The fraction of sp³-hybridized carbons (Fsp3) is 0.491. The van der Waals surface area contributed by atoms with E-state index in [1.54, 1.807) is 0 Å². The Labute approximate surface area is 384 Å². The van der Waals surface area contributed by atoms with E-state index < -0.39 is 6.10 Å². The minimum Gasteiger partial charge on any atom is -0.462 e. The van der Waals surface area contributed by atoms with E-state index in [1.165, 1.54) is 32.1 Å². The van der Waals surface area contributed by atoms with E-state index in [0.29, 0.717) is 12.8 Å². The van der Waals surface area contributed by atoms with E-state index in [4.69, 9.17) is 14.2 Å². The lowest BCUT2D eigenvalue weighted by Crippen LogP contribution is -2.30. The molecule has 63 heavy (non-hydrogen) atoms. The van der Waals surface area contributed by atoms with Crippen LogP contribution in [-0.2, 0) is 28.6 Å². The van der Waals surface area contributed by atoms with E-state index in [2.05, 4.69) is 63.3 Å². The molecule has 0 heterocycles. The Balaban J connectivity index is 4.65. The normalized spacial score (nSPS) is 13.5. The lowest BCUT2D eigenvalue weighted by atomic mass is 10.1. The van der Waals surface area contributed by atoms with Gasteiger partial charge in [0.05, 0.1) is 0 Å². The van der Waals surface area contributed by atoms with Gasteiger partial charge in [-0.2, -0.15) is 0 Å². The fourth-order valence-electron chi connectivity index (χ4n) is 5.73. The van der Waals surface area contributed by atoms with Gasteiger partial charge in [0.2, 0.25) is 0 Å². The predicted molar refractivity (Wildman–Crippen MR) is 269 cm³/mol. The van der Waals surface area contributed by atoms with E-state index in [1.807, 2.05) is 115 Å². The lowest BCUT2D eigenvalue weighted by molar-refractivity contribution is -0.167. The number of hydrogen-bond acceptors (Lipinski definition) is 6. The number of carbonyl (C=O) groups is 3. The molecule has 0 aliphatic carbocycles. The van der Waals surface area contributed by atoms with Gasteiger partial charge in [-0.3, -0.25) is 14.4 Å². The van der Waals surface area contributed by atoms with Gasteiger partial charge in [0, 0.05) is 19.3 Å². The Bertz CT molecular complexity index is 1510. The van der Waals surface area contributed by atoms with E-state index in [-0.39, 0.29) is 50.4 Å². The van der Waals surface area contributed by atoms with Crippen LogP contribution in [0.3, 0.4) is 0 Å². The second-order valence-corrected chi connectivity index (χ2v) is 15.2. The van der Waals surface area contributed by atoms with Crippen LogP contribution in [0.15, 0.2) is 158 Å². The van der Waals surface area contributed by atoms with E-state index in [0.717, 1.165) is 77.0 Å². The summed E-state index contributed by atoms with van der Waals surface area (Å²) in [5.41, 5.74) is 0. The Morgan fingerprint density at radius 2 is 0.635 bits per heavy atom. The monoisotopic (exact) mass is 865 g/mol. The molecular formula is C57H84O6. The molecule has 0 radical (unpaired) electrons. The number of allylic oxidation sites excluding steroid dienone is 26. The summed E-state index contributed by atoms with van der Waals surface area (Å²) in [6.45, 7) is 6.16. The topological polar surface area (TPSA) is 78.9 Å². The van der Waals surface area contributed by atoms with Gasteiger partial charge >= 0.3 is 17.9 Å². The molecule has 348 valence electrons. The quantitative estimate of drug-likeness (QED) is 0.0264. The summed E-state index contributed by atoms with van der Waals surface area (Å²) in [6, 6.07) is 0. The SMILES string of the molecule is CC\C=C/C=C\C=C/C=C\C=C/CCCC(=O)OCC(COC(=O)CCCCC\C=C/C=C/C=C\C=C/C=C\C=C/CC)OC(=O)CCCCCCCC/C=C\C=C/CCCCC. The van der Waals surface area contributed by atoms with Crippen molar-refractivity contribution in [3.05, 3.63) is 158 Å². The van der Waals surface area contributed by atoms with Crippen LogP contribution >= 0.6 is 0 Å². The fourth-order valence-corrected chi connectivity index (χ4v) is 5.73. The molecule has 0 saturated carbocycles. The van der Waals surface area contributed by atoms with Crippen molar-refractivity contribution in [2.75, 3.05) is 13.2 Å². The van der Waals surface area contributed by atoms with Crippen LogP contribution in [0.4, 0.5) is 0 Å². The molecule has 0 aromatic carbocycles. The minimum atomic E-state index is -0.839. The number of unbranched alkanes of at least 4 members (excludes halogenated alkanes) is 13. The van der Waals surface area contributed by atoms with Gasteiger partial charge in [0.15, 0.2) is 6.10 Å². The first-order chi connectivity index (χ1) is 31.0. The molecule has 6 nitrogen and oxygen atoms in total. The third-order valence-electron chi connectivity index (χ3n) is 9.31. The summed E-state index contributed by atoms with van der Waals surface area (Å²) >= 11 is 0. The summed E-state index contributed by atoms with van der Waals surface area (Å²) in [4.78, 5) is 37.9. The molecule has 0 aromatic rings. The molecule has 0 bridgehead atoms. The van der Waals surface area contributed by atoms with Crippen LogP contribution in [0.2, 0.25) is 0 Å². The number of hydrogen-bond donors (Lipinski definition) is 0. The van der Waals surface area contributed by atoms with Crippen molar-refractivity contribution in [3.8, 4) is 0 Å². The van der Waals surface area contributed by atoms with Crippen LogP contribution in [0, 0.1) is 0 Å². The van der Waals surface area contributed by atoms with Crippen molar-refractivity contribution >= 4 is 17.9 Å². The zero-order valence-corrected chi connectivity index (χ0v) is 39.5. The van der Waals surface area contributed by atoms with Gasteiger partial charge < -0.3 is 14.2 Å². The Hall–Kier alpha value is -4.97. The summed E-state index contributed by atoms with van der Waals surface area (Å²) < 4.78 is 16.6. The van der Waals surface area contributed by atoms with Gasteiger partial charge in [-0.05, 0) is 77.0 Å². The van der Waals surface area contributed by atoms with E-state index in [9.17, 15) is 14.4 Å². The van der Waals surface area contributed by atoms with Crippen LogP contribution in [-0.4, -0.2) is 37.2 Å². The molecule has 0 N–H and O–H groups in total. The molecule has 0 amide bonds. The molecule has 1 unspecified atom stereocenters. The summed E-state index contributed by atoms with van der Waals surface area (Å²) in [7, 11) is 0. The smallest absolute Gasteiger partial charge is 0.306 e. The second-order valence-electron chi connectivity index (χ2n) is 15.2. The molecule has 1 atom stereocenters. The first kappa shape index (κ1) is 58.0. The highest BCUT2D eigenvalue weighted by atomic mass is 16.6. The molecule has 6 heteroatoms. The molecule has 0 aliphatic rings. The Morgan fingerprint density at radius 3 is 1.06 bits per heavy atom. The van der Waals surface area contributed by atoms with Crippen molar-refractivity contribution in [3.63, 3.8) is 0 Å². The third-order valence-corrected chi connectivity index (χ3v) is 9.31. The van der Waals surface area contributed by atoms with Gasteiger partial charge in [-0.1, -0.05) is 224 Å². The van der Waals surface area contributed by atoms with Gasteiger partial charge in [-0.25, -0.2) is 0 Å². The highest BCUT2D eigenvalue weighted by Crippen LogP contribution is 2.12. The molecule has 0 aliphatic heterocycles. The molecule has 0 fully saturated rings. The first-order valence-corrected chi connectivity index (χ1v) is 24.2. The Kier molecular flexibility index (Phi) is 45.8. The summed E-state index contributed by atoms with van der Waals surface area (Å²) in [6.07, 6.45) is 72.2. The highest BCUT2D eigenvalue weighted by Gasteiger charge is 2.19. The van der Waals surface area contributed by atoms with Crippen LogP contribution in [0.5, 0.6) is 0 Å². The first-order valence-electron chi connectivity index (χ1n) is 24.2. The molecule has 0 aromatic heterocycles. The van der Waals surface area contributed by atoms with Gasteiger partial charge in [0.1, 0.15) is 13.2 Å². The third kappa shape index (κ3) is 47.9. The Morgan fingerprint density at radius 1 is 0.333 bits per heavy atom. The average Bonchev–Trinajstić information content (AvgIpc) is 3.28. The number of carbonyl (C=O) groups excluding carboxylic acids is 3. The largest absolute Gasteiger partial charge is 0.462 e. The lowest BCUT2D eigenvalue weighted by Gasteiger charge is -2.18. The maximum Gasteiger partial charge on any atom is 0.306 e. The van der Waals surface area contributed by atoms with Crippen molar-refractivity contribution in [2.45, 2.75) is 168 Å². The van der Waals surface area contributed by atoms with Crippen molar-refractivity contribution in [2.24, 2.45) is 0 Å². The van der Waals surface area contributed by atoms with Gasteiger partial charge in [-0.15, -0.1) is 0 Å². The summed E-state index contributed by atoms with van der Waals surface area (Å²) in [5.74, 6) is -1.08. The minimum absolute atomic E-state index is 0.137. The van der Waals surface area contributed by atoms with E-state index >= 15 is 0 Å². The number of ether oxygens (including phenoxy) is 3. The zero-order chi connectivity index (χ0) is 45.8. The number of rotatable bonds is 40. The van der Waals surface area contributed by atoms with Crippen molar-refractivity contribution in [1.82, 2.24) is 0 Å². The van der Waals surface area contributed by atoms with Crippen molar-refractivity contribution < 1.29 is 28.6 Å². The van der Waals surface area contributed by atoms with Crippen LogP contribution in [0.1, 0.15) is 162 Å². The molecular weight excluding hydrogens is 781 g/mol. The zero-order valence-electron chi connectivity index (χ0n) is 39.5. The molecule has 0 rings (SSSR count). The molecule has 0 spiro atoms. The van der Waals surface area contributed by atoms with Crippen LogP contribution in [0.25, 0.3) is 0 Å². The number of esters is 3.